The van der Waals surface area contributed by atoms with Crippen LogP contribution in [0.3, 0.4) is 0 Å². The average molecular weight is 265 g/mol. The highest BCUT2D eigenvalue weighted by molar-refractivity contribution is 7.89. The maximum absolute atomic E-state index is 11.7. The monoisotopic (exact) mass is 265 g/mol. The fraction of sp³-hybridized carbons (Fsp3) is 0.909. The van der Waals surface area contributed by atoms with Gasteiger partial charge >= 0.3 is 5.97 Å². The van der Waals surface area contributed by atoms with Crippen LogP contribution in [0.4, 0.5) is 0 Å². The molecule has 0 aromatic carbocycles. The quantitative estimate of drug-likeness (QED) is 0.732. The van der Waals surface area contributed by atoms with Gasteiger partial charge in [0.2, 0.25) is 10.0 Å². The van der Waals surface area contributed by atoms with Crippen molar-refractivity contribution in [2.45, 2.75) is 53.0 Å². The highest BCUT2D eigenvalue weighted by Crippen LogP contribution is 2.19. The summed E-state index contributed by atoms with van der Waals surface area (Å²) in [5.41, 5.74) is -0.0287. The number of rotatable bonds is 7. The van der Waals surface area contributed by atoms with Crippen LogP contribution in [0.25, 0.3) is 0 Å². The molecule has 6 heteroatoms. The molecule has 0 amide bonds. The normalized spacial score (nSPS) is 14.6. The van der Waals surface area contributed by atoms with E-state index in [9.17, 15) is 13.2 Å². The predicted molar refractivity (Wildman–Crippen MR) is 67.3 cm³/mol. The zero-order valence-electron chi connectivity index (χ0n) is 11.0. The minimum Gasteiger partial charge on any atom is -0.481 e. The van der Waals surface area contributed by atoms with Crippen molar-refractivity contribution in [3.63, 3.8) is 0 Å². The first-order valence-corrected chi connectivity index (χ1v) is 7.39. The number of carboxylic acid groups (broad SMARTS) is 1. The Labute approximate surface area is 104 Å². The summed E-state index contributed by atoms with van der Waals surface area (Å²) < 4.78 is 25.8. The summed E-state index contributed by atoms with van der Waals surface area (Å²) >= 11 is 0. The van der Waals surface area contributed by atoms with Gasteiger partial charge in [-0.2, -0.15) is 0 Å². The number of aliphatic carboxylic acids is 1. The molecule has 0 aromatic rings. The highest BCUT2D eigenvalue weighted by atomic mass is 32.2. The lowest BCUT2D eigenvalue weighted by Gasteiger charge is -2.19. The molecule has 0 radical (unpaired) electrons. The van der Waals surface area contributed by atoms with Crippen LogP contribution in [0.5, 0.6) is 0 Å². The summed E-state index contributed by atoms with van der Waals surface area (Å²) in [5, 5.41) is 8.49. The van der Waals surface area contributed by atoms with Crippen LogP contribution < -0.4 is 4.72 Å². The van der Waals surface area contributed by atoms with Crippen LogP contribution in [-0.2, 0) is 14.8 Å². The van der Waals surface area contributed by atoms with Crippen molar-refractivity contribution in [1.82, 2.24) is 4.72 Å². The van der Waals surface area contributed by atoms with Gasteiger partial charge in [-0.05, 0) is 25.2 Å². The Hall–Kier alpha value is -0.620. The SMILES string of the molecule is CC(CCC(=O)O)NS(=O)(=O)CCC(C)(C)C. The summed E-state index contributed by atoms with van der Waals surface area (Å²) in [6.07, 6.45) is 0.862. The van der Waals surface area contributed by atoms with Gasteiger partial charge in [-0.15, -0.1) is 0 Å². The van der Waals surface area contributed by atoms with Crippen LogP contribution in [0.15, 0.2) is 0 Å². The lowest BCUT2D eigenvalue weighted by Crippen LogP contribution is -2.35. The number of nitrogens with one attached hydrogen (secondary N) is 1. The van der Waals surface area contributed by atoms with Gasteiger partial charge in [0.05, 0.1) is 5.75 Å². The summed E-state index contributed by atoms with van der Waals surface area (Å²) in [7, 11) is -3.30. The standard InChI is InChI=1S/C11H23NO4S/c1-9(5-6-10(13)14)12-17(15,16)8-7-11(2,3)4/h9,12H,5-8H2,1-4H3,(H,13,14). The van der Waals surface area contributed by atoms with E-state index in [-0.39, 0.29) is 23.6 Å². The van der Waals surface area contributed by atoms with Gasteiger partial charge in [-0.1, -0.05) is 20.8 Å². The molecule has 5 nitrogen and oxygen atoms in total. The average Bonchev–Trinajstić information content (AvgIpc) is 2.10. The molecule has 2 N–H and O–H groups in total. The smallest absolute Gasteiger partial charge is 0.303 e. The molecule has 0 saturated heterocycles. The Morgan fingerprint density at radius 3 is 2.29 bits per heavy atom. The molecule has 0 aliphatic carbocycles. The van der Waals surface area contributed by atoms with Gasteiger partial charge in [0.1, 0.15) is 0 Å². The van der Waals surface area contributed by atoms with Crippen molar-refractivity contribution in [3.05, 3.63) is 0 Å². The van der Waals surface area contributed by atoms with Crippen molar-refractivity contribution in [2.24, 2.45) is 5.41 Å². The minimum atomic E-state index is -3.30. The predicted octanol–water partition coefficient (Wildman–Crippen LogP) is 1.60. The molecule has 0 fully saturated rings. The van der Waals surface area contributed by atoms with E-state index in [1.165, 1.54) is 0 Å². The van der Waals surface area contributed by atoms with Gasteiger partial charge in [0.15, 0.2) is 0 Å². The Balaban J connectivity index is 4.12. The van der Waals surface area contributed by atoms with Crippen molar-refractivity contribution < 1.29 is 18.3 Å². The van der Waals surface area contributed by atoms with E-state index in [0.29, 0.717) is 12.8 Å². The van der Waals surface area contributed by atoms with Crippen molar-refractivity contribution in [3.8, 4) is 0 Å². The second kappa shape index (κ2) is 6.35. The Morgan fingerprint density at radius 2 is 1.88 bits per heavy atom. The molecular weight excluding hydrogens is 242 g/mol. The van der Waals surface area contributed by atoms with E-state index >= 15 is 0 Å². The fourth-order valence-electron chi connectivity index (χ4n) is 1.20. The lowest BCUT2D eigenvalue weighted by atomic mass is 9.94. The minimum absolute atomic E-state index is 0.0248. The van der Waals surface area contributed by atoms with Crippen LogP contribution in [0, 0.1) is 5.41 Å². The third-order valence-electron chi connectivity index (χ3n) is 2.29. The maximum Gasteiger partial charge on any atom is 0.303 e. The number of carboxylic acids is 1. The summed E-state index contributed by atoms with van der Waals surface area (Å²) in [6.45, 7) is 7.63. The lowest BCUT2D eigenvalue weighted by molar-refractivity contribution is -0.137. The molecule has 0 aliphatic rings. The topological polar surface area (TPSA) is 83.5 Å². The molecule has 0 spiro atoms. The first kappa shape index (κ1) is 16.4. The van der Waals surface area contributed by atoms with E-state index in [0.717, 1.165) is 0 Å². The third kappa shape index (κ3) is 10.3. The molecule has 0 rings (SSSR count). The van der Waals surface area contributed by atoms with Gasteiger partial charge in [0.25, 0.3) is 0 Å². The fourth-order valence-corrected chi connectivity index (χ4v) is 2.93. The van der Waals surface area contributed by atoms with Crippen LogP contribution in [0.2, 0.25) is 0 Å². The van der Waals surface area contributed by atoms with E-state index in [1.807, 2.05) is 20.8 Å². The third-order valence-corrected chi connectivity index (χ3v) is 3.80. The molecule has 1 atom stereocenters. The first-order valence-electron chi connectivity index (χ1n) is 5.74. The van der Waals surface area contributed by atoms with Crippen LogP contribution >= 0.6 is 0 Å². The molecule has 0 saturated carbocycles. The number of hydrogen-bond donors (Lipinski definition) is 2. The Kier molecular flexibility index (Phi) is 6.12. The van der Waals surface area contributed by atoms with E-state index < -0.39 is 16.0 Å². The number of carbonyl (C=O) groups is 1. The van der Waals surface area contributed by atoms with E-state index in [1.54, 1.807) is 6.92 Å². The molecule has 0 heterocycles. The molecule has 17 heavy (non-hydrogen) atoms. The Bertz CT molecular complexity index is 343. The molecule has 0 aromatic heterocycles. The van der Waals surface area contributed by atoms with E-state index in [4.69, 9.17) is 5.11 Å². The van der Waals surface area contributed by atoms with Crippen molar-refractivity contribution in [1.29, 1.82) is 0 Å². The van der Waals surface area contributed by atoms with E-state index in [2.05, 4.69) is 4.72 Å². The van der Waals surface area contributed by atoms with Crippen molar-refractivity contribution >= 4 is 16.0 Å². The Morgan fingerprint density at radius 1 is 1.35 bits per heavy atom. The summed E-state index contributed by atoms with van der Waals surface area (Å²) in [5.74, 6) is -0.834. The molecule has 1 unspecified atom stereocenters. The van der Waals surface area contributed by atoms with Gasteiger partial charge < -0.3 is 5.11 Å². The zero-order valence-corrected chi connectivity index (χ0v) is 11.8. The van der Waals surface area contributed by atoms with Crippen molar-refractivity contribution in [2.75, 3.05) is 5.75 Å². The molecule has 0 aliphatic heterocycles. The van der Waals surface area contributed by atoms with Crippen LogP contribution in [0.1, 0.15) is 47.0 Å². The number of hydrogen-bond acceptors (Lipinski definition) is 3. The number of sulfonamides is 1. The summed E-state index contributed by atoms with van der Waals surface area (Å²) in [6, 6.07) is -0.337. The molecular formula is C11H23NO4S. The highest BCUT2D eigenvalue weighted by Gasteiger charge is 2.19. The maximum atomic E-state index is 11.7. The van der Waals surface area contributed by atoms with Gasteiger partial charge in [-0.3, -0.25) is 4.79 Å². The second-order valence-corrected chi connectivity index (χ2v) is 7.45. The van der Waals surface area contributed by atoms with Crippen LogP contribution in [-0.4, -0.2) is 31.3 Å². The first-order chi connectivity index (χ1) is 7.52. The second-order valence-electron chi connectivity index (χ2n) is 5.58. The molecule has 102 valence electrons. The summed E-state index contributed by atoms with van der Waals surface area (Å²) in [4.78, 5) is 10.3. The van der Waals surface area contributed by atoms with Gasteiger partial charge in [0, 0.05) is 12.5 Å². The van der Waals surface area contributed by atoms with Gasteiger partial charge in [-0.25, -0.2) is 13.1 Å². The zero-order chi connectivity index (χ0) is 13.7. The largest absolute Gasteiger partial charge is 0.481 e. The molecule has 0 bridgehead atoms.